The average Bonchev–Trinajstić information content (AvgIpc) is 3.08. The number of carbonyl (C=O) groups is 2. The minimum Gasteiger partial charge on any atom is -0.393 e. The lowest BCUT2D eigenvalue weighted by Gasteiger charge is -2.33. The molecule has 16 heavy (non-hydrogen) atoms. The van der Waals surface area contributed by atoms with Crippen molar-refractivity contribution in [1.29, 1.82) is 0 Å². The van der Waals surface area contributed by atoms with Gasteiger partial charge in [0.05, 0.1) is 11.8 Å². The van der Waals surface area contributed by atoms with Gasteiger partial charge in [0.1, 0.15) is 0 Å². The Kier molecular flexibility index (Phi) is 1.07. The van der Waals surface area contributed by atoms with Gasteiger partial charge in [0.15, 0.2) is 0 Å². The van der Waals surface area contributed by atoms with Crippen LogP contribution in [0.3, 0.4) is 0 Å². The monoisotopic (exact) mass is 219 g/mol. The summed E-state index contributed by atoms with van der Waals surface area (Å²) < 4.78 is 4.98. The first-order valence-corrected chi connectivity index (χ1v) is 6.21. The first-order chi connectivity index (χ1) is 7.75. The molecule has 4 nitrogen and oxygen atoms in total. The Labute approximate surface area is 92.5 Å². The van der Waals surface area contributed by atoms with Crippen LogP contribution in [0.4, 0.5) is 0 Å². The zero-order valence-electron chi connectivity index (χ0n) is 8.71. The summed E-state index contributed by atoms with van der Waals surface area (Å²) in [5, 5.41) is 0. The van der Waals surface area contributed by atoms with Crippen LogP contribution in [-0.4, -0.2) is 18.5 Å². The summed E-state index contributed by atoms with van der Waals surface area (Å²) in [6, 6.07) is 0. The van der Waals surface area contributed by atoms with Gasteiger partial charge in [-0.05, 0) is 41.4 Å². The van der Waals surface area contributed by atoms with Crippen LogP contribution in [0.5, 0.6) is 0 Å². The summed E-state index contributed by atoms with van der Waals surface area (Å²) in [5.41, 5.74) is 5.70. The van der Waals surface area contributed by atoms with E-state index in [1.807, 2.05) is 0 Å². The van der Waals surface area contributed by atoms with E-state index in [1.54, 1.807) is 0 Å². The molecule has 84 valence electrons. The van der Waals surface area contributed by atoms with E-state index in [0.717, 1.165) is 11.8 Å². The van der Waals surface area contributed by atoms with Gasteiger partial charge in [0.25, 0.3) is 0 Å². The molecule has 2 bridgehead atoms. The Morgan fingerprint density at radius 2 is 1.44 bits per heavy atom. The van der Waals surface area contributed by atoms with Gasteiger partial charge in [-0.15, -0.1) is 0 Å². The third-order valence-corrected chi connectivity index (χ3v) is 6.04. The molecule has 4 saturated carbocycles. The number of carbonyl (C=O) groups excluding carboxylic acids is 2. The molecule has 0 amide bonds. The van der Waals surface area contributed by atoms with Crippen LogP contribution < -0.4 is 5.73 Å². The van der Waals surface area contributed by atoms with Crippen molar-refractivity contribution in [1.82, 2.24) is 0 Å². The molecule has 7 atom stereocenters. The van der Waals surface area contributed by atoms with Gasteiger partial charge in [0.2, 0.25) is 0 Å². The van der Waals surface area contributed by atoms with Crippen molar-refractivity contribution in [2.24, 2.45) is 59.0 Å². The van der Waals surface area contributed by atoms with Crippen LogP contribution in [0, 0.1) is 53.3 Å². The number of esters is 2. The first kappa shape index (κ1) is 8.23. The molecule has 4 aliphatic carbocycles. The number of fused-ring (bicyclic) bond motifs is 3. The third kappa shape index (κ3) is 0.588. The van der Waals surface area contributed by atoms with Crippen LogP contribution in [0.25, 0.3) is 0 Å². The lowest BCUT2D eigenvalue weighted by Crippen LogP contribution is -2.43. The molecular formula is C12H13NO3. The molecular weight excluding hydrogens is 206 g/mol. The van der Waals surface area contributed by atoms with Crippen molar-refractivity contribution in [3.63, 3.8) is 0 Å². The Hall–Kier alpha value is -0.900. The molecule has 0 aromatic carbocycles. The number of rotatable bonds is 1. The summed E-state index contributed by atoms with van der Waals surface area (Å²) >= 11 is 0. The van der Waals surface area contributed by atoms with Crippen LogP contribution in [0.15, 0.2) is 0 Å². The van der Waals surface area contributed by atoms with Crippen LogP contribution in [0.2, 0.25) is 0 Å². The average molecular weight is 219 g/mol. The maximum absolute atomic E-state index is 11.9. The Balaban J connectivity index is 1.67. The Morgan fingerprint density at radius 1 is 0.875 bits per heavy atom. The largest absolute Gasteiger partial charge is 0.393 e. The zero-order chi connectivity index (χ0) is 10.8. The lowest BCUT2D eigenvalue weighted by atomic mass is 9.74. The lowest BCUT2D eigenvalue weighted by molar-refractivity contribution is -0.172. The predicted octanol–water partition coefficient (Wildman–Crippen LogP) is -0.371. The normalized spacial score (nSPS) is 67.4. The van der Waals surface area contributed by atoms with E-state index in [1.165, 1.54) is 0 Å². The van der Waals surface area contributed by atoms with E-state index in [9.17, 15) is 9.59 Å². The predicted molar refractivity (Wildman–Crippen MR) is 51.6 cm³/mol. The van der Waals surface area contributed by atoms with Crippen molar-refractivity contribution in [2.75, 3.05) is 6.54 Å². The van der Waals surface area contributed by atoms with Crippen molar-refractivity contribution >= 4 is 11.9 Å². The highest BCUT2D eigenvalue weighted by atomic mass is 16.6. The fraction of sp³-hybridized carbons (Fsp3) is 0.833. The van der Waals surface area contributed by atoms with E-state index in [2.05, 4.69) is 0 Å². The smallest absolute Gasteiger partial charge is 0.318 e. The van der Waals surface area contributed by atoms with E-state index in [-0.39, 0.29) is 23.8 Å². The maximum atomic E-state index is 11.9. The van der Waals surface area contributed by atoms with Crippen molar-refractivity contribution in [3.05, 3.63) is 0 Å². The summed E-state index contributed by atoms with van der Waals surface area (Å²) in [4.78, 5) is 23.7. The van der Waals surface area contributed by atoms with Gasteiger partial charge in [-0.3, -0.25) is 9.59 Å². The molecule has 7 unspecified atom stereocenters. The van der Waals surface area contributed by atoms with Crippen molar-refractivity contribution in [2.45, 2.75) is 0 Å². The Bertz CT molecular complexity index is 426. The highest BCUT2D eigenvalue weighted by Crippen LogP contribution is 2.89. The second-order valence-electron chi connectivity index (χ2n) is 6.15. The van der Waals surface area contributed by atoms with Crippen molar-refractivity contribution < 1.29 is 14.3 Å². The van der Waals surface area contributed by atoms with Crippen LogP contribution >= 0.6 is 0 Å². The third-order valence-electron chi connectivity index (χ3n) is 6.04. The maximum Gasteiger partial charge on any atom is 0.318 e. The summed E-state index contributed by atoms with van der Waals surface area (Å²) in [7, 11) is 0. The second kappa shape index (κ2) is 2.08. The highest BCUT2D eigenvalue weighted by molar-refractivity contribution is 5.91. The fourth-order valence-corrected chi connectivity index (χ4v) is 5.80. The summed E-state index contributed by atoms with van der Waals surface area (Å²) in [6.45, 7) is 0.341. The molecule has 2 saturated heterocycles. The molecule has 4 heteroatoms. The quantitative estimate of drug-likeness (QED) is 0.482. The second-order valence-corrected chi connectivity index (χ2v) is 6.15. The summed E-state index contributed by atoms with van der Waals surface area (Å²) in [5.74, 6) is 3.60. The van der Waals surface area contributed by atoms with Gasteiger partial charge in [0, 0.05) is 6.54 Å². The fourth-order valence-electron chi connectivity index (χ4n) is 5.80. The van der Waals surface area contributed by atoms with E-state index in [4.69, 9.17) is 10.5 Å². The molecule has 6 rings (SSSR count). The van der Waals surface area contributed by atoms with Gasteiger partial charge >= 0.3 is 11.9 Å². The molecule has 2 aliphatic heterocycles. The minimum atomic E-state index is -0.349. The summed E-state index contributed by atoms with van der Waals surface area (Å²) in [6.07, 6.45) is 0. The molecule has 6 fully saturated rings. The standard InChI is InChI=1S/C12H13NO3/c13-1-2-3-4-6-7-5(3)9(7)10(8(4)6)12(15)16-11(2)14/h2-10H,1,13H2. The zero-order valence-corrected chi connectivity index (χ0v) is 8.71. The van der Waals surface area contributed by atoms with Crippen LogP contribution in [0.1, 0.15) is 0 Å². The number of hydrogen-bond donors (Lipinski definition) is 1. The molecule has 6 aliphatic rings. The van der Waals surface area contributed by atoms with Gasteiger partial charge in [-0.2, -0.15) is 0 Å². The first-order valence-electron chi connectivity index (χ1n) is 6.21. The molecule has 0 spiro atoms. The molecule has 0 aromatic rings. The van der Waals surface area contributed by atoms with Gasteiger partial charge in [-0.25, -0.2) is 0 Å². The highest BCUT2D eigenvalue weighted by Gasteiger charge is 2.89. The van der Waals surface area contributed by atoms with Gasteiger partial charge < -0.3 is 10.5 Å². The van der Waals surface area contributed by atoms with Gasteiger partial charge in [-0.1, -0.05) is 0 Å². The molecule has 2 heterocycles. The molecule has 2 N–H and O–H groups in total. The number of hydrogen-bond acceptors (Lipinski definition) is 4. The topological polar surface area (TPSA) is 69.4 Å². The number of ether oxygens (including phenoxy) is 1. The van der Waals surface area contributed by atoms with E-state index < -0.39 is 0 Å². The SMILES string of the molecule is NCC1C(=O)OC(=O)C2C3C4C1C1C2C1C34. The molecule has 0 radical (unpaired) electrons. The van der Waals surface area contributed by atoms with Crippen LogP contribution in [-0.2, 0) is 14.3 Å². The number of nitrogens with two attached hydrogens (primary N) is 1. The Morgan fingerprint density at radius 3 is 2.00 bits per heavy atom. The van der Waals surface area contributed by atoms with E-state index in [0.29, 0.717) is 36.1 Å². The minimum absolute atomic E-state index is 0.0731. The van der Waals surface area contributed by atoms with Crippen molar-refractivity contribution in [3.8, 4) is 0 Å². The molecule has 0 aromatic heterocycles. The van der Waals surface area contributed by atoms with E-state index >= 15 is 0 Å².